The van der Waals surface area contributed by atoms with Crippen LogP contribution in [0.4, 0.5) is 0 Å². The van der Waals surface area contributed by atoms with Crippen LogP contribution < -0.4 is 0 Å². The van der Waals surface area contributed by atoms with Gasteiger partial charge in [-0.2, -0.15) is 5.10 Å². The highest BCUT2D eigenvalue weighted by Gasteiger charge is 2.25. The minimum absolute atomic E-state index is 0.0829. The molecule has 0 unspecified atom stereocenters. The van der Waals surface area contributed by atoms with Crippen LogP contribution in [0.5, 0.6) is 0 Å². The molecule has 3 rings (SSSR count). The average Bonchev–Trinajstić information content (AvgIpc) is 3.06. The van der Waals surface area contributed by atoms with Gasteiger partial charge in [0.2, 0.25) is 5.91 Å². The third-order valence-corrected chi connectivity index (χ3v) is 4.34. The third kappa shape index (κ3) is 4.24. The van der Waals surface area contributed by atoms with Gasteiger partial charge in [-0.05, 0) is 24.1 Å². The van der Waals surface area contributed by atoms with E-state index in [0.717, 1.165) is 11.1 Å². The van der Waals surface area contributed by atoms with Crippen LogP contribution in [0.3, 0.4) is 0 Å². The van der Waals surface area contributed by atoms with E-state index in [1.807, 2.05) is 18.1 Å². The molecule has 0 spiro atoms. The maximum atomic E-state index is 12.5. The summed E-state index contributed by atoms with van der Waals surface area (Å²) in [5, 5.41) is 13.1. The lowest BCUT2D eigenvalue weighted by atomic mass is 10.1. The zero-order valence-corrected chi connectivity index (χ0v) is 14.1. The van der Waals surface area contributed by atoms with E-state index in [1.165, 1.54) is 0 Å². The number of carbonyl (C=O) groups is 2. The van der Waals surface area contributed by atoms with Gasteiger partial charge in [0.1, 0.15) is 6.10 Å². The second-order valence-electron chi connectivity index (χ2n) is 6.15. The fraction of sp³-hybridized carbons (Fsp3) is 0.389. The Morgan fingerprint density at radius 2 is 2.08 bits per heavy atom. The van der Waals surface area contributed by atoms with Crippen LogP contribution >= 0.6 is 0 Å². The van der Waals surface area contributed by atoms with E-state index >= 15 is 0 Å². The highest BCUT2D eigenvalue weighted by Crippen LogP contribution is 2.22. The smallest absolute Gasteiger partial charge is 0.335 e. The van der Waals surface area contributed by atoms with Gasteiger partial charge in [-0.15, -0.1) is 0 Å². The molecule has 1 aliphatic heterocycles. The Morgan fingerprint density at radius 3 is 2.72 bits per heavy atom. The zero-order valence-electron chi connectivity index (χ0n) is 14.1. The molecule has 2 heterocycles. The molecular weight excluding hydrogens is 322 g/mol. The van der Waals surface area contributed by atoms with E-state index in [0.29, 0.717) is 32.5 Å². The van der Waals surface area contributed by atoms with Gasteiger partial charge in [0, 0.05) is 31.8 Å². The van der Waals surface area contributed by atoms with E-state index < -0.39 is 5.97 Å². The molecule has 1 aliphatic rings. The van der Waals surface area contributed by atoms with Crippen molar-refractivity contribution in [1.82, 2.24) is 14.7 Å². The van der Waals surface area contributed by atoms with E-state index in [1.54, 1.807) is 35.1 Å². The summed E-state index contributed by atoms with van der Waals surface area (Å²) >= 11 is 0. The average molecular weight is 343 g/mol. The lowest BCUT2D eigenvalue weighted by Gasteiger charge is -2.32. The van der Waals surface area contributed by atoms with Crippen molar-refractivity contribution in [2.24, 2.45) is 7.05 Å². The molecule has 0 saturated carbocycles. The number of carbonyl (C=O) groups excluding carboxylic acids is 1. The summed E-state index contributed by atoms with van der Waals surface area (Å²) < 4.78 is 7.48. The van der Waals surface area contributed by atoms with Gasteiger partial charge >= 0.3 is 5.97 Å². The van der Waals surface area contributed by atoms with Gasteiger partial charge in [-0.1, -0.05) is 12.1 Å². The van der Waals surface area contributed by atoms with Gasteiger partial charge in [-0.25, -0.2) is 4.79 Å². The Bertz CT molecular complexity index is 754. The first-order chi connectivity index (χ1) is 12.0. The number of carboxylic acids is 1. The second-order valence-corrected chi connectivity index (χ2v) is 6.15. The summed E-state index contributed by atoms with van der Waals surface area (Å²) in [5.74, 6) is -0.864. The number of amides is 1. The molecule has 2 aromatic rings. The van der Waals surface area contributed by atoms with Crippen molar-refractivity contribution >= 4 is 11.9 Å². The Labute approximate surface area is 145 Å². The minimum Gasteiger partial charge on any atom is -0.478 e. The summed E-state index contributed by atoms with van der Waals surface area (Å²) in [5.41, 5.74) is 2.18. The van der Waals surface area contributed by atoms with Crippen molar-refractivity contribution in [3.8, 4) is 0 Å². The molecule has 1 amide bonds. The predicted molar refractivity (Wildman–Crippen MR) is 90.2 cm³/mol. The first kappa shape index (κ1) is 17.2. The van der Waals surface area contributed by atoms with Gasteiger partial charge in [0.25, 0.3) is 0 Å². The predicted octanol–water partition coefficient (Wildman–Crippen LogP) is 1.65. The molecule has 25 heavy (non-hydrogen) atoms. The number of morpholine rings is 1. The first-order valence-electron chi connectivity index (χ1n) is 8.23. The van der Waals surface area contributed by atoms with Crippen molar-refractivity contribution in [2.75, 3.05) is 19.7 Å². The van der Waals surface area contributed by atoms with Gasteiger partial charge in [-0.3, -0.25) is 9.48 Å². The van der Waals surface area contributed by atoms with Crippen molar-refractivity contribution in [1.29, 1.82) is 0 Å². The van der Waals surface area contributed by atoms with Gasteiger partial charge in [0.05, 0.1) is 24.9 Å². The number of benzene rings is 1. The molecule has 7 heteroatoms. The van der Waals surface area contributed by atoms with Crippen LogP contribution in [0.15, 0.2) is 36.7 Å². The minimum atomic E-state index is -0.947. The van der Waals surface area contributed by atoms with Crippen LogP contribution in [0.2, 0.25) is 0 Å². The Kier molecular flexibility index (Phi) is 5.14. The molecule has 1 N–H and O–H groups in total. The summed E-state index contributed by atoms with van der Waals surface area (Å²) in [7, 11) is 1.85. The van der Waals surface area contributed by atoms with Crippen molar-refractivity contribution in [3.63, 3.8) is 0 Å². The normalized spacial score (nSPS) is 17.5. The number of hydrogen-bond donors (Lipinski definition) is 1. The molecule has 1 atom stereocenters. The van der Waals surface area contributed by atoms with Crippen molar-refractivity contribution in [3.05, 3.63) is 53.3 Å². The number of hydrogen-bond acceptors (Lipinski definition) is 4. The highest BCUT2D eigenvalue weighted by molar-refractivity contribution is 5.87. The number of rotatable bonds is 5. The molecule has 0 radical (unpaired) electrons. The number of carboxylic acid groups (broad SMARTS) is 1. The van der Waals surface area contributed by atoms with E-state index in [-0.39, 0.29) is 17.6 Å². The molecule has 132 valence electrons. The SMILES string of the molecule is Cn1cc([C@@H]2CN(C(=O)CCc3ccc(C(=O)O)cc3)CCO2)cn1. The highest BCUT2D eigenvalue weighted by atomic mass is 16.5. The molecular formula is C18H21N3O4. The van der Waals surface area contributed by atoms with Crippen LogP contribution in [0.1, 0.15) is 34.0 Å². The lowest BCUT2D eigenvalue weighted by Crippen LogP contribution is -2.42. The van der Waals surface area contributed by atoms with Crippen LogP contribution in [-0.2, 0) is 23.0 Å². The molecule has 1 aromatic heterocycles. The quantitative estimate of drug-likeness (QED) is 0.892. The number of aromatic nitrogens is 2. The standard InChI is InChI=1S/C18H21N3O4/c1-20-11-15(10-19-20)16-12-21(8-9-25-16)17(22)7-4-13-2-5-14(6-3-13)18(23)24/h2-3,5-6,10-11,16H,4,7-9,12H2,1H3,(H,23,24)/t16-/m0/s1. The summed E-state index contributed by atoms with van der Waals surface area (Å²) in [6.45, 7) is 1.63. The molecule has 0 bridgehead atoms. The van der Waals surface area contributed by atoms with E-state index in [9.17, 15) is 9.59 Å². The monoisotopic (exact) mass is 343 g/mol. The van der Waals surface area contributed by atoms with Gasteiger partial charge in [0.15, 0.2) is 0 Å². The Hall–Kier alpha value is -2.67. The first-order valence-corrected chi connectivity index (χ1v) is 8.23. The topological polar surface area (TPSA) is 84.7 Å². The third-order valence-electron chi connectivity index (χ3n) is 4.34. The maximum absolute atomic E-state index is 12.5. The van der Waals surface area contributed by atoms with Crippen LogP contribution in [0, 0.1) is 0 Å². The molecule has 0 aliphatic carbocycles. The summed E-state index contributed by atoms with van der Waals surface area (Å²) in [6, 6.07) is 6.65. The fourth-order valence-corrected chi connectivity index (χ4v) is 2.91. The maximum Gasteiger partial charge on any atom is 0.335 e. The Morgan fingerprint density at radius 1 is 1.32 bits per heavy atom. The summed E-state index contributed by atoms with van der Waals surface area (Å²) in [6.07, 6.45) is 4.52. The van der Waals surface area contributed by atoms with Crippen LogP contribution in [0.25, 0.3) is 0 Å². The van der Waals surface area contributed by atoms with Crippen LogP contribution in [-0.4, -0.2) is 51.4 Å². The molecule has 1 fully saturated rings. The molecule has 1 aromatic carbocycles. The van der Waals surface area contributed by atoms with Crippen molar-refractivity contribution in [2.45, 2.75) is 18.9 Å². The van der Waals surface area contributed by atoms with E-state index in [2.05, 4.69) is 5.10 Å². The molecule has 1 saturated heterocycles. The largest absolute Gasteiger partial charge is 0.478 e. The van der Waals surface area contributed by atoms with Gasteiger partial charge < -0.3 is 14.7 Å². The Balaban J connectivity index is 1.54. The second kappa shape index (κ2) is 7.48. The van der Waals surface area contributed by atoms with E-state index in [4.69, 9.17) is 9.84 Å². The van der Waals surface area contributed by atoms with Crippen molar-refractivity contribution < 1.29 is 19.4 Å². The number of aromatic carboxylic acids is 1. The number of ether oxygens (including phenoxy) is 1. The molecule has 7 nitrogen and oxygen atoms in total. The summed E-state index contributed by atoms with van der Waals surface area (Å²) in [4.78, 5) is 25.2. The number of aryl methyl sites for hydroxylation is 2. The number of nitrogens with zero attached hydrogens (tertiary/aromatic N) is 3. The zero-order chi connectivity index (χ0) is 17.8. The fourth-order valence-electron chi connectivity index (χ4n) is 2.91. The lowest BCUT2D eigenvalue weighted by molar-refractivity contribution is -0.139.